The largest absolute Gasteiger partial charge is 0.316 e. The zero-order valence-corrected chi connectivity index (χ0v) is 11.6. The van der Waals surface area contributed by atoms with Crippen LogP contribution >= 0.6 is 27.5 Å². The molecule has 15 heavy (non-hydrogen) atoms. The summed E-state index contributed by atoms with van der Waals surface area (Å²) < 4.78 is 1.08. The van der Waals surface area contributed by atoms with E-state index in [2.05, 4.69) is 27.3 Å². The van der Waals surface area contributed by atoms with Crippen LogP contribution in [0.25, 0.3) is 0 Å². The Morgan fingerprint density at radius 1 is 1.20 bits per heavy atom. The zero-order valence-electron chi connectivity index (χ0n) is 9.24. The quantitative estimate of drug-likeness (QED) is 0.766. The number of hydrogen-bond acceptors (Lipinski definition) is 1. The Kier molecular flexibility index (Phi) is 5.65. The first-order valence-electron chi connectivity index (χ1n) is 5.45. The number of rotatable bonds is 0. The van der Waals surface area contributed by atoms with Crippen molar-refractivity contribution in [2.45, 2.75) is 26.7 Å². The Morgan fingerprint density at radius 3 is 2.60 bits per heavy atom. The number of halogens is 2. The van der Waals surface area contributed by atoms with Crippen LogP contribution < -0.4 is 5.32 Å². The lowest BCUT2D eigenvalue weighted by Gasteiger charge is -2.08. The molecule has 1 N–H and O–H groups in total. The van der Waals surface area contributed by atoms with E-state index in [4.69, 9.17) is 11.6 Å². The van der Waals surface area contributed by atoms with Gasteiger partial charge in [-0.3, -0.25) is 0 Å². The summed E-state index contributed by atoms with van der Waals surface area (Å²) in [6.45, 7) is 6.12. The van der Waals surface area contributed by atoms with Crippen LogP contribution in [0.2, 0.25) is 5.02 Å². The topological polar surface area (TPSA) is 12.0 Å². The van der Waals surface area contributed by atoms with Gasteiger partial charge in [-0.15, -0.1) is 0 Å². The van der Waals surface area contributed by atoms with Crippen molar-refractivity contribution in [3.8, 4) is 0 Å². The summed E-state index contributed by atoms with van der Waals surface area (Å²) in [5, 5.41) is 4.20. The molecule has 0 atom stereocenters. The minimum absolute atomic E-state index is 0.820. The lowest BCUT2D eigenvalue weighted by molar-refractivity contribution is 0.710. The van der Waals surface area contributed by atoms with E-state index in [1.54, 1.807) is 0 Å². The lowest BCUT2D eigenvalue weighted by atomic mass is 10.0. The minimum atomic E-state index is 0.820. The van der Waals surface area contributed by atoms with Crippen molar-refractivity contribution in [2.75, 3.05) is 13.1 Å². The molecular weight excluding hydrogens is 273 g/mol. The molecule has 2 rings (SSSR count). The number of fused-ring (bicyclic) bond motifs is 1. The highest BCUT2D eigenvalue weighted by Crippen LogP contribution is 2.30. The Hall–Kier alpha value is -0.0500. The van der Waals surface area contributed by atoms with Crippen LogP contribution in [0.1, 0.15) is 25.0 Å². The molecule has 0 unspecified atom stereocenters. The summed E-state index contributed by atoms with van der Waals surface area (Å²) in [6, 6.07) is 4.10. The molecule has 0 amide bonds. The maximum Gasteiger partial charge on any atom is 0.0551 e. The van der Waals surface area contributed by atoms with E-state index < -0.39 is 0 Å². The third kappa shape index (κ3) is 3.20. The van der Waals surface area contributed by atoms with Crippen LogP contribution in [0, 0.1) is 0 Å². The average Bonchev–Trinajstić information content (AvgIpc) is 2.52. The van der Waals surface area contributed by atoms with Gasteiger partial charge in [0.05, 0.1) is 5.02 Å². The van der Waals surface area contributed by atoms with Crippen molar-refractivity contribution < 1.29 is 0 Å². The third-order valence-electron chi connectivity index (χ3n) is 2.42. The summed E-state index contributed by atoms with van der Waals surface area (Å²) >= 11 is 9.57. The van der Waals surface area contributed by atoms with Crippen LogP contribution in [0.4, 0.5) is 0 Å². The fourth-order valence-corrected chi connectivity index (χ4v) is 2.46. The summed E-state index contributed by atoms with van der Waals surface area (Å²) in [7, 11) is 0. The standard InChI is InChI=1S/C10H11BrClN.C2H6/c11-10-8-4-6-13-5-3-7(8)1-2-9(10)12;1-2/h1-2,13H,3-6H2;1-2H3. The molecule has 1 nitrogen and oxygen atoms in total. The first-order chi connectivity index (χ1) is 7.29. The van der Waals surface area contributed by atoms with Gasteiger partial charge in [0.25, 0.3) is 0 Å². The van der Waals surface area contributed by atoms with Crippen molar-refractivity contribution >= 4 is 27.5 Å². The average molecular weight is 291 g/mol. The molecule has 0 bridgehead atoms. The van der Waals surface area contributed by atoms with E-state index in [1.807, 2.05) is 19.9 Å². The molecular formula is C12H17BrClN. The molecule has 0 fully saturated rings. The van der Waals surface area contributed by atoms with Gasteiger partial charge in [0.1, 0.15) is 0 Å². The number of hydrogen-bond donors (Lipinski definition) is 1. The molecule has 0 saturated carbocycles. The van der Waals surface area contributed by atoms with Crippen molar-refractivity contribution in [3.05, 3.63) is 32.8 Å². The van der Waals surface area contributed by atoms with E-state index in [1.165, 1.54) is 11.1 Å². The molecule has 1 aromatic carbocycles. The monoisotopic (exact) mass is 289 g/mol. The highest BCUT2D eigenvalue weighted by molar-refractivity contribution is 9.10. The van der Waals surface area contributed by atoms with Gasteiger partial charge in [0, 0.05) is 4.47 Å². The van der Waals surface area contributed by atoms with Gasteiger partial charge in [-0.05, 0) is 59.1 Å². The van der Waals surface area contributed by atoms with Gasteiger partial charge in [-0.2, -0.15) is 0 Å². The van der Waals surface area contributed by atoms with Crippen LogP contribution in [0.5, 0.6) is 0 Å². The van der Waals surface area contributed by atoms with Gasteiger partial charge < -0.3 is 5.32 Å². The summed E-state index contributed by atoms with van der Waals surface area (Å²) in [6.07, 6.45) is 2.17. The summed E-state index contributed by atoms with van der Waals surface area (Å²) in [5.41, 5.74) is 2.79. The predicted molar refractivity (Wildman–Crippen MR) is 70.8 cm³/mol. The molecule has 1 aliphatic heterocycles. The second-order valence-corrected chi connectivity index (χ2v) is 4.45. The Morgan fingerprint density at radius 2 is 1.87 bits per heavy atom. The summed E-state index contributed by atoms with van der Waals surface area (Å²) in [5.74, 6) is 0. The molecule has 84 valence electrons. The molecule has 0 aromatic heterocycles. The smallest absolute Gasteiger partial charge is 0.0551 e. The van der Waals surface area contributed by atoms with E-state index in [0.717, 1.165) is 35.4 Å². The second kappa shape index (κ2) is 6.51. The van der Waals surface area contributed by atoms with Crippen LogP contribution in [-0.2, 0) is 12.8 Å². The molecule has 0 spiro atoms. The first-order valence-corrected chi connectivity index (χ1v) is 6.62. The first kappa shape index (κ1) is 13.0. The highest BCUT2D eigenvalue weighted by atomic mass is 79.9. The molecule has 1 heterocycles. The fraction of sp³-hybridized carbons (Fsp3) is 0.500. The van der Waals surface area contributed by atoms with Gasteiger partial charge in [-0.25, -0.2) is 0 Å². The van der Waals surface area contributed by atoms with Crippen LogP contribution in [-0.4, -0.2) is 13.1 Å². The molecule has 0 radical (unpaired) electrons. The predicted octanol–water partition coefficient (Wildman–Crippen LogP) is 3.82. The number of benzene rings is 1. The van der Waals surface area contributed by atoms with Gasteiger partial charge in [0.15, 0.2) is 0 Å². The van der Waals surface area contributed by atoms with E-state index in [-0.39, 0.29) is 0 Å². The van der Waals surface area contributed by atoms with Crippen molar-refractivity contribution in [3.63, 3.8) is 0 Å². The van der Waals surface area contributed by atoms with E-state index in [0.29, 0.717) is 0 Å². The Balaban J connectivity index is 0.000000531. The van der Waals surface area contributed by atoms with Crippen molar-refractivity contribution in [1.29, 1.82) is 0 Å². The normalized spacial score (nSPS) is 14.7. The second-order valence-electron chi connectivity index (χ2n) is 3.25. The zero-order chi connectivity index (χ0) is 11.3. The maximum atomic E-state index is 6.03. The van der Waals surface area contributed by atoms with Gasteiger partial charge >= 0.3 is 0 Å². The Labute approximate surface area is 105 Å². The van der Waals surface area contributed by atoms with Crippen LogP contribution in [0.15, 0.2) is 16.6 Å². The van der Waals surface area contributed by atoms with Crippen LogP contribution in [0.3, 0.4) is 0 Å². The van der Waals surface area contributed by atoms with Gasteiger partial charge in [-0.1, -0.05) is 31.5 Å². The van der Waals surface area contributed by atoms with E-state index in [9.17, 15) is 0 Å². The number of nitrogens with one attached hydrogen (secondary N) is 1. The van der Waals surface area contributed by atoms with Crippen molar-refractivity contribution in [1.82, 2.24) is 5.32 Å². The molecule has 3 heteroatoms. The van der Waals surface area contributed by atoms with Gasteiger partial charge in [0.2, 0.25) is 0 Å². The third-order valence-corrected chi connectivity index (χ3v) is 3.87. The lowest BCUT2D eigenvalue weighted by Crippen LogP contribution is -2.16. The molecule has 1 aromatic rings. The molecule has 0 saturated heterocycles. The highest BCUT2D eigenvalue weighted by Gasteiger charge is 2.12. The fourth-order valence-electron chi connectivity index (χ4n) is 1.70. The minimum Gasteiger partial charge on any atom is -0.316 e. The SMILES string of the molecule is CC.Clc1ccc2c(c1Br)CCNCC2. The van der Waals surface area contributed by atoms with Crippen molar-refractivity contribution in [2.24, 2.45) is 0 Å². The van der Waals surface area contributed by atoms with E-state index >= 15 is 0 Å². The summed E-state index contributed by atoms with van der Waals surface area (Å²) in [4.78, 5) is 0. The maximum absolute atomic E-state index is 6.03. The Bertz CT molecular complexity index is 326. The molecule has 1 aliphatic rings. The molecule has 0 aliphatic carbocycles.